The number of benzene rings is 2. The van der Waals surface area contributed by atoms with E-state index in [1.165, 1.54) is 13.1 Å². The number of H-pyrrole nitrogens is 1. The Morgan fingerprint density at radius 1 is 0.943 bits per heavy atom. The molecule has 182 valence electrons. The number of pyridine rings is 1. The first-order valence-corrected chi connectivity index (χ1v) is 14.2. The van der Waals surface area contributed by atoms with E-state index in [0.717, 1.165) is 27.7 Å². The molecular formula is C27H30FN3O3Si. The molecule has 0 bridgehead atoms. The van der Waals surface area contributed by atoms with Gasteiger partial charge in [0.1, 0.15) is 11.6 Å². The smallest absolute Gasteiger partial charge is 0.262 e. The Labute approximate surface area is 204 Å². The van der Waals surface area contributed by atoms with E-state index in [2.05, 4.69) is 51.5 Å². The van der Waals surface area contributed by atoms with Gasteiger partial charge < -0.3 is 9.41 Å². The lowest BCUT2D eigenvalue weighted by Gasteiger charge is -2.42. The highest BCUT2D eigenvalue weighted by Crippen LogP contribution is 2.45. The molecule has 0 atom stereocenters. The number of fused-ring (bicyclic) bond motifs is 8. The maximum Gasteiger partial charge on any atom is 0.262 e. The molecule has 0 fully saturated rings. The Kier molecular flexibility index (Phi) is 5.28. The second-order valence-electron chi connectivity index (χ2n) is 10.5. The van der Waals surface area contributed by atoms with Gasteiger partial charge in [-0.2, -0.15) is 0 Å². The lowest BCUT2D eigenvalue weighted by atomic mass is 9.97. The van der Waals surface area contributed by atoms with Gasteiger partial charge in [-0.1, -0.05) is 41.5 Å². The third-order valence-electron chi connectivity index (χ3n) is 7.67. The average molecular weight is 492 g/mol. The van der Waals surface area contributed by atoms with Crippen LogP contribution in [0.25, 0.3) is 32.7 Å². The molecule has 8 heteroatoms. The molecule has 4 aromatic rings. The van der Waals surface area contributed by atoms with E-state index in [-0.39, 0.29) is 11.1 Å². The fraction of sp³-hybridized carbons (Fsp3) is 0.370. The van der Waals surface area contributed by atoms with Gasteiger partial charge in [-0.05, 0) is 40.9 Å². The standard InChI is InChI=1S/C27H30FN3O3Si/c1-13(2)35(14(3)4,15(5)6)34-17-8-9-20-18(11-17)21-23-22(26(32)31(7)27(23)33)19-10-16(28)12-29-24(19)25(21)30-20/h8-15,30H,1-7H3. The number of imide groups is 1. The number of halogens is 1. The van der Waals surface area contributed by atoms with Crippen LogP contribution in [0, 0.1) is 5.82 Å². The zero-order valence-corrected chi connectivity index (χ0v) is 22.1. The number of rotatable bonds is 5. The zero-order valence-electron chi connectivity index (χ0n) is 21.1. The molecule has 1 aliphatic rings. The van der Waals surface area contributed by atoms with Crippen molar-refractivity contribution in [1.82, 2.24) is 14.9 Å². The molecule has 1 N–H and O–H groups in total. The van der Waals surface area contributed by atoms with Gasteiger partial charge in [0.25, 0.3) is 20.1 Å². The second-order valence-corrected chi connectivity index (χ2v) is 15.8. The third-order valence-corrected chi connectivity index (χ3v) is 13.7. The van der Waals surface area contributed by atoms with Gasteiger partial charge in [0.15, 0.2) is 0 Å². The lowest BCUT2D eigenvalue weighted by Crippen LogP contribution is -2.50. The van der Waals surface area contributed by atoms with E-state index in [9.17, 15) is 14.0 Å². The van der Waals surface area contributed by atoms with Crippen molar-refractivity contribution in [2.75, 3.05) is 7.05 Å². The summed E-state index contributed by atoms with van der Waals surface area (Å²) < 4.78 is 21.0. The van der Waals surface area contributed by atoms with Crippen LogP contribution in [0.1, 0.15) is 62.3 Å². The quantitative estimate of drug-likeness (QED) is 0.246. The second kappa shape index (κ2) is 7.88. The minimum atomic E-state index is -2.20. The van der Waals surface area contributed by atoms with Gasteiger partial charge in [0, 0.05) is 28.7 Å². The number of carbonyl (C=O) groups excluding carboxylic acids is 2. The number of hydrogen-bond donors (Lipinski definition) is 1. The molecule has 2 aromatic carbocycles. The van der Waals surface area contributed by atoms with Crippen molar-refractivity contribution in [3.63, 3.8) is 0 Å². The number of carbonyl (C=O) groups is 2. The van der Waals surface area contributed by atoms with Gasteiger partial charge in [0.2, 0.25) is 0 Å². The van der Waals surface area contributed by atoms with Crippen molar-refractivity contribution in [3.05, 3.63) is 47.4 Å². The van der Waals surface area contributed by atoms with E-state index in [0.29, 0.717) is 38.4 Å². The topological polar surface area (TPSA) is 75.3 Å². The number of aromatic nitrogens is 2. The normalized spacial score (nSPS) is 14.5. The molecule has 0 radical (unpaired) electrons. The molecule has 0 aliphatic carbocycles. The molecular weight excluding hydrogens is 461 g/mol. The largest absolute Gasteiger partial charge is 0.543 e. The van der Waals surface area contributed by atoms with Crippen molar-refractivity contribution in [1.29, 1.82) is 0 Å². The molecule has 1 aliphatic heterocycles. The first-order valence-electron chi connectivity index (χ1n) is 12.1. The molecule has 0 saturated heterocycles. The van der Waals surface area contributed by atoms with Crippen molar-refractivity contribution < 1.29 is 18.4 Å². The van der Waals surface area contributed by atoms with Gasteiger partial charge in [-0.25, -0.2) is 4.39 Å². The minimum Gasteiger partial charge on any atom is -0.543 e. The molecule has 5 rings (SSSR count). The Bertz CT molecular complexity index is 1520. The summed E-state index contributed by atoms with van der Waals surface area (Å²) in [5.74, 6) is -0.647. The number of nitrogens with one attached hydrogen (secondary N) is 1. The molecule has 0 saturated carbocycles. The summed E-state index contributed by atoms with van der Waals surface area (Å²) in [7, 11) is -0.752. The molecule has 0 unspecified atom stereocenters. The maximum atomic E-state index is 14.1. The molecule has 6 nitrogen and oxygen atoms in total. The van der Waals surface area contributed by atoms with E-state index in [4.69, 9.17) is 4.43 Å². The van der Waals surface area contributed by atoms with E-state index >= 15 is 0 Å². The van der Waals surface area contributed by atoms with Crippen LogP contribution in [0.5, 0.6) is 5.75 Å². The van der Waals surface area contributed by atoms with Crippen LogP contribution in [0.4, 0.5) is 4.39 Å². The summed E-state index contributed by atoms with van der Waals surface area (Å²) >= 11 is 0. The summed E-state index contributed by atoms with van der Waals surface area (Å²) in [5.41, 5.74) is 3.58. The van der Waals surface area contributed by atoms with Gasteiger partial charge in [0.05, 0.1) is 28.4 Å². The van der Waals surface area contributed by atoms with Crippen molar-refractivity contribution in [2.45, 2.75) is 58.2 Å². The van der Waals surface area contributed by atoms with Gasteiger partial charge >= 0.3 is 0 Å². The predicted molar refractivity (Wildman–Crippen MR) is 139 cm³/mol. The number of hydrogen-bond acceptors (Lipinski definition) is 4. The first-order chi connectivity index (χ1) is 16.5. The Morgan fingerprint density at radius 2 is 1.57 bits per heavy atom. The van der Waals surface area contributed by atoms with Crippen molar-refractivity contribution in [3.8, 4) is 5.75 Å². The molecule has 35 heavy (non-hydrogen) atoms. The van der Waals surface area contributed by atoms with E-state index in [1.54, 1.807) is 0 Å². The van der Waals surface area contributed by atoms with Gasteiger partial charge in [-0.15, -0.1) is 0 Å². The summed E-state index contributed by atoms with van der Waals surface area (Å²) in [6.07, 6.45) is 1.13. The fourth-order valence-corrected chi connectivity index (χ4v) is 11.4. The highest BCUT2D eigenvalue weighted by molar-refractivity contribution is 6.78. The molecule has 2 aromatic heterocycles. The van der Waals surface area contributed by atoms with Crippen LogP contribution in [0.2, 0.25) is 16.6 Å². The summed E-state index contributed by atoms with van der Waals surface area (Å²) in [6.45, 7) is 13.4. The third kappa shape index (κ3) is 3.15. The summed E-state index contributed by atoms with van der Waals surface area (Å²) in [4.78, 5) is 35.0. The van der Waals surface area contributed by atoms with Crippen LogP contribution < -0.4 is 4.43 Å². The maximum absolute atomic E-state index is 14.1. The van der Waals surface area contributed by atoms with Crippen LogP contribution in [-0.2, 0) is 0 Å². The monoisotopic (exact) mass is 491 g/mol. The van der Waals surface area contributed by atoms with Crippen LogP contribution >= 0.6 is 0 Å². The molecule has 3 heterocycles. The fourth-order valence-electron chi connectivity index (χ4n) is 6.18. The Balaban J connectivity index is 1.83. The van der Waals surface area contributed by atoms with Crippen molar-refractivity contribution in [2.24, 2.45) is 0 Å². The number of amides is 2. The Hall–Kier alpha value is -3.26. The highest BCUT2D eigenvalue weighted by atomic mass is 28.4. The summed E-state index contributed by atoms with van der Waals surface area (Å²) in [5, 5.41) is 1.75. The minimum absolute atomic E-state index is 0.203. The van der Waals surface area contributed by atoms with E-state index < -0.39 is 25.9 Å². The van der Waals surface area contributed by atoms with Gasteiger partial charge in [-0.3, -0.25) is 19.5 Å². The molecule has 0 spiro atoms. The van der Waals surface area contributed by atoms with Crippen LogP contribution in [-0.4, -0.2) is 42.0 Å². The SMILES string of the molecule is CC(C)[Si](Oc1ccc2[nH]c3c4ncc(F)cc4c4c(c3c2c1)C(=O)N(C)C4=O)(C(C)C)C(C)C. The summed E-state index contributed by atoms with van der Waals surface area (Å²) in [6, 6.07) is 7.15. The highest BCUT2D eigenvalue weighted by Gasteiger charge is 2.47. The van der Waals surface area contributed by atoms with Crippen molar-refractivity contribution >= 4 is 52.8 Å². The predicted octanol–water partition coefficient (Wildman–Crippen LogP) is 6.79. The number of aromatic amines is 1. The first kappa shape index (κ1) is 23.5. The zero-order chi connectivity index (χ0) is 25.4. The van der Waals surface area contributed by atoms with Crippen LogP contribution in [0.15, 0.2) is 30.5 Å². The number of nitrogens with zero attached hydrogens (tertiary/aromatic N) is 2. The van der Waals surface area contributed by atoms with E-state index in [1.807, 2.05) is 18.2 Å². The van der Waals surface area contributed by atoms with Crippen LogP contribution in [0.3, 0.4) is 0 Å². The lowest BCUT2D eigenvalue weighted by molar-refractivity contribution is 0.0694. The molecule has 2 amide bonds. The Morgan fingerprint density at radius 3 is 2.20 bits per heavy atom. The average Bonchev–Trinajstić information content (AvgIpc) is 3.27.